The van der Waals surface area contributed by atoms with Crippen LogP contribution < -0.4 is 15.9 Å². The molecule has 3 aromatic rings. The summed E-state index contributed by atoms with van der Waals surface area (Å²) in [6.07, 6.45) is 2.22. The highest BCUT2D eigenvalue weighted by Gasteiger charge is 2.17. The van der Waals surface area contributed by atoms with Gasteiger partial charge in [0.15, 0.2) is 16.4 Å². The zero-order valence-corrected chi connectivity index (χ0v) is 14.8. The first-order chi connectivity index (χ1) is 11.4. The Labute approximate surface area is 141 Å². The lowest BCUT2D eigenvalue weighted by atomic mass is 10.2. The Morgan fingerprint density at radius 1 is 1.46 bits per heavy atom. The largest absolute Gasteiger partial charge is 0.354 e. The van der Waals surface area contributed by atoms with Crippen LogP contribution in [0.2, 0.25) is 0 Å². The number of thiazole rings is 1. The van der Waals surface area contributed by atoms with E-state index in [1.165, 1.54) is 22.1 Å². The number of hydrogen-bond acceptors (Lipinski definition) is 7. The van der Waals surface area contributed by atoms with E-state index in [0.29, 0.717) is 11.3 Å². The summed E-state index contributed by atoms with van der Waals surface area (Å²) in [6, 6.07) is 0.0581. The second-order valence-corrected chi connectivity index (χ2v) is 6.78. The third-order valence-corrected chi connectivity index (χ3v) is 4.87. The van der Waals surface area contributed by atoms with Crippen molar-refractivity contribution in [3.8, 4) is 0 Å². The molecule has 24 heavy (non-hydrogen) atoms. The molecule has 0 fully saturated rings. The van der Waals surface area contributed by atoms with Gasteiger partial charge in [-0.1, -0.05) is 18.3 Å². The van der Waals surface area contributed by atoms with Gasteiger partial charge < -0.3 is 10.2 Å². The van der Waals surface area contributed by atoms with Crippen molar-refractivity contribution in [2.75, 3.05) is 19.0 Å². The molecule has 0 aromatic carbocycles. The molecule has 3 aromatic heterocycles. The smallest absolute Gasteiger partial charge is 0.352 e. The molecule has 128 valence electrons. The second kappa shape index (κ2) is 6.19. The van der Waals surface area contributed by atoms with Crippen molar-refractivity contribution in [3.63, 3.8) is 0 Å². The summed E-state index contributed by atoms with van der Waals surface area (Å²) in [5.74, 6) is -0.239. The van der Waals surface area contributed by atoms with E-state index in [-0.39, 0.29) is 18.5 Å². The van der Waals surface area contributed by atoms with Crippen LogP contribution >= 0.6 is 11.3 Å². The maximum Gasteiger partial charge on any atom is 0.352 e. The van der Waals surface area contributed by atoms with Crippen molar-refractivity contribution in [2.24, 2.45) is 0 Å². The Kier molecular flexibility index (Phi) is 4.22. The molecule has 0 unspecified atom stereocenters. The minimum absolute atomic E-state index is 0.0581. The first kappa shape index (κ1) is 16.4. The van der Waals surface area contributed by atoms with Crippen molar-refractivity contribution < 1.29 is 4.79 Å². The summed E-state index contributed by atoms with van der Waals surface area (Å²) in [5, 5.41) is 7.91. The molecule has 3 heterocycles. The van der Waals surface area contributed by atoms with E-state index in [2.05, 4.69) is 20.4 Å². The number of carbonyl (C=O) groups excluding carboxylic acids is 1. The SMILES string of the molecule is CC[C@H](C)NC(=O)Cn1nc2c3sc(N(C)C)nc3ncn2c1=O. The van der Waals surface area contributed by atoms with Gasteiger partial charge in [0.2, 0.25) is 5.91 Å². The first-order valence-corrected chi connectivity index (χ1v) is 8.43. The fourth-order valence-corrected chi connectivity index (χ4v) is 3.10. The van der Waals surface area contributed by atoms with Crippen molar-refractivity contribution in [1.29, 1.82) is 0 Å². The second-order valence-electron chi connectivity index (χ2n) is 5.80. The molecule has 0 aliphatic carbocycles. The van der Waals surface area contributed by atoms with E-state index >= 15 is 0 Å². The summed E-state index contributed by atoms with van der Waals surface area (Å²) >= 11 is 1.41. The van der Waals surface area contributed by atoms with Crippen LogP contribution in [-0.4, -0.2) is 50.2 Å². The van der Waals surface area contributed by atoms with Gasteiger partial charge in [-0.05, 0) is 13.3 Å². The molecule has 1 amide bonds. The van der Waals surface area contributed by atoms with Gasteiger partial charge in [0.1, 0.15) is 17.6 Å². The van der Waals surface area contributed by atoms with Gasteiger partial charge in [0.25, 0.3) is 0 Å². The molecular weight excluding hydrogens is 330 g/mol. The van der Waals surface area contributed by atoms with E-state index in [0.717, 1.165) is 20.9 Å². The van der Waals surface area contributed by atoms with Crippen LogP contribution in [-0.2, 0) is 11.3 Å². The molecule has 0 bridgehead atoms. The molecule has 0 spiro atoms. The third-order valence-electron chi connectivity index (χ3n) is 3.66. The monoisotopic (exact) mass is 349 g/mol. The number of amides is 1. The summed E-state index contributed by atoms with van der Waals surface area (Å²) < 4.78 is 3.22. The average Bonchev–Trinajstić information content (AvgIpc) is 3.09. The molecule has 1 atom stereocenters. The van der Waals surface area contributed by atoms with Gasteiger partial charge in [-0.3, -0.25) is 4.79 Å². The van der Waals surface area contributed by atoms with Gasteiger partial charge in [-0.2, -0.15) is 4.98 Å². The highest BCUT2D eigenvalue weighted by molar-refractivity contribution is 7.22. The fraction of sp³-hybridized carbons (Fsp3) is 0.500. The van der Waals surface area contributed by atoms with Gasteiger partial charge in [0, 0.05) is 20.1 Å². The zero-order chi connectivity index (χ0) is 17.4. The number of nitrogens with one attached hydrogen (secondary N) is 1. The van der Waals surface area contributed by atoms with Crippen LogP contribution in [0, 0.1) is 0 Å². The van der Waals surface area contributed by atoms with Crippen LogP contribution in [0.25, 0.3) is 16.0 Å². The molecule has 1 N–H and O–H groups in total. The zero-order valence-electron chi connectivity index (χ0n) is 14.0. The van der Waals surface area contributed by atoms with Crippen LogP contribution in [0.4, 0.5) is 5.13 Å². The molecule has 0 saturated carbocycles. The predicted molar refractivity (Wildman–Crippen MR) is 92.6 cm³/mol. The van der Waals surface area contributed by atoms with E-state index < -0.39 is 5.69 Å². The highest BCUT2D eigenvalue weighted by Crippen LogP contribution is 2.28. The maximum atomic E-state index is 12.4. The van der Waals surface area contributed by atoms with E-state index in [4.69, 9.17) is 0 Å². The van der Waals surface area contributed by atoms with Gasteiger partial charge in [-0.25, -0.2) is 18.9 Å². The van der Waals surface area contributed by atoms with Crippen LogP contribution in [0.5, 0.6) is 0 Å². The molecule has 10 heteroatoms. The number of rotatable bonds is 5. The molecule has 3 rings (SSSR count). The average molecular weight is 349 g/mol. The minimum Gasteiger partial charge on any atom is -0.354 e. The molecule has 0 radical (unpaired) electrons. The molecule has 0 aliphatic heterocycles. The third kappa shape index (κ3) is 2.84. The van der Waals surface area contributed by atoms with Gasteiger partial charge >= 0.3 is 5.69 Å². The molecule has 0 aliphatic rings. The quantitative estimate of drug-likeness (QED) is 0.720. The molecular formula is C14H19N7O2S. The fourth-order valence-electron chi connectivity index (χ4n) is 2.18. The Bertz CT molecular complexity index is 955. The minimum atomic E-state index is -0.390. The number of aromatic nitrogens is 5. The lowest BCUT2D eigenvalue weighted by Crippen LogP contribution is -2.37. The first-order valence-electron chi connectivity index (χ1n) is 7.62. The number of anilines is 1. The Balaban J connectivity index is 2.02. The van der Waals surface area contributed by atoms with Gasteiger partial charge in [-0.15, -0.1) is 5.10 Å². The maximum absolute atomic E-state index is 12.4. The summed E-state index contributed by atoms with van der Waals surface area (Å²) in [6.45, 7) is 3.78. The van der Waals surface area contributed by atoms with Crippen molar-refractivity contribution >= 4 is 38.4 Å². The topological polar surface area (TPSA) is 97.4 Å². The molecule has 0 saturated heterocycles. The van der Waals surface area contributed by atoms with Crippen molar-refractivity contribution in [3.05, 3.63) is 16.8 Å². The summed E-state index contributed by atoms with van der Waals surface area (Å²) in [7, 11) is 3.78. The summed E-state index contributed by atoms with van der Waals surface area (Å²) in [5.41, 5.74) is 0.614. The number of fused-ring (bicyclic) bond motifs is 3. The van der Waals surface area contributed by atoms with E-state index in [1.54, 1.807) is 0 Å². The predicted octanol–water partition coefficient (Wildman–Crippen LogP) is 0.481. The number of hydrogen-bond donors (Lipinski definition) is 1. The van der Waals surface area contributed by atoms with Gasteiger partial charge in [0.05, 0.1) is 0 Å². The van der Waals surface area contributed by atoms with E-state index in [9.17, 15) is 9.59 Å². The standard InChI is InChI=1S/C14H19N7O2S/c1-5-8(2)16-9(22)6-21-14(23)20-7-15-11-10(12(20)18-21)24-13(17-11)19(3)4/h7-8H,5-6H2,1-4H3,(H,16,22)/t8-/m0/s1. The molecule has 9 nitrogen and oxygen atoms in total. The van der Waals surface area contributed by atoms with Crippen LogP contribution in [0.1, 0.15) is 20.3 Å². The number of nitrogens with zero attached hydrogens (tertiary/aromatic N) is 6. The Morgan fingerprint density at radius 3 is 2.88 bits per heavy atom. The Morgan fingerprint density at radius 2 is 2.21 bits per heavy atom. The van der Waals surface area contributed by atoms with Crippen molar-refractivity contribution in [2.45, 2.75) is 32.9 Å². The highest BCUT2D eigenvalue weighted by atomic mass is 32.1. The summed E-state index contributed by atoms with van der Waals surface area (Å²) in [4.78, 5) is 34.9. The normalized spacial score (nSPS) is 12.7. The van der Waals surface area contributed by atoms with Crippen LogP contribution in [0.3, 0.4) is 0 Å². The Hall–Kier alpha value is -2.49. The lowest BCUT2D eigenvalue weighted by Gasteiger charge is -2.10. The van der Waals surface area contributed by atoms with Crippen LogP contribution in [0.15, 0.2) is 11.1 Å². The van der Waals surface area contributed by atoms with E-state index in [1.807, 2.05) is 32.8 Å². The lowest BCUT2D eigenvalue weighted by molar-refractivity contribution is -0.122. The van der Waals surface area contributed by atoms with Crippen molar-refractivity contribution in [1.82, 2.24) is 29.5 Å². The number of carbonyl (C=O) groups is 1.